The smallest absolute Gasteiger partial charge is 0.330 e. The Morgan fingerprint density at radius 2 is 2.13 bits per heavy atom. The van der Waals surface area contributed by atoms with E-state index < -0.39 is 41.6 Å². The van der Waals surface area contributed by atoms with Crippen LogP contribution >= 0.6 is 15.9 Å². The molecule has 2 fully saturated rings. The highest BCUT2D eigenvalue weighted by Crippen LogP contribution is 2.42. The van der Waals surface area contributed by atoms with Crippen LogP contribution in [0.25, 0.3) is 0 Å². The van der Waals surface area contributed by atoms with E-state index >= 15 is 0 Å². The normalized spacial score (nSPS) is 31.8. The predicted molar refractivity (Wildman–Crippen MR) is 82.9 cm³/mol. The van der Waals surface area contributed by atoms with E-state index in [2.05, 4.69) is 27.5 Å². The first kappa shape index (κ1) is 16.4. The van der Waals surface area contributed by atoms with Crippen LogP contribution in [0, 0.1) is 0 Å². The summed E-state index contributed by atoms with van der Waals surface area (Å²) >= 11 is 3.11. The summed E-state index contributed by atoms with van der Waals surface area (Å²) in [5.74, 6) is -0.799. The molecule has 0 saturated carbocycles. The van der Waals surface area contributed by atoms with E-state index in [-0.39, 0.29) is 11.1 Å². The second kappa shape index (κ2) is 5.90. The van der Waals surface area contributed by atoms with Crippen LogP contribution in [0.5, 0.6) is 0 Å². The molecule has 1 aromatic rings. The van der Waals surface area contributed by atoms with Crippen LogP contribution in [0.15, 0.2) is 33.1 Å². The van der Waals surface area contributed by atoms with Gasteiger partial charge in [-0.3, -0.25) is 14.3 Å². The fraction of sp³-hybridized carbons (Fsp3) is 0.571. The van der Waals surface area contributed by atoms with Crippen molar-refractivity contribution in [2.75, 3.05) is 6.61 Å². The van der Waals surface area contributed by atoms with Crippen molar-refractivity contribution in [2.45, 2.75) is 44.2 Å². The van der Waals surface area contributed by atoms with Crippen LogP contribution in [0.2, 0.25) is 0 Å². The number of ether oxygens (including phenoxy) is 4. The van der Waals surface area contributed by atoms with Crippen LogP contribution in [-0.2, 0) is 18.9 Å². The quantitative estimate of drug-likeness (QED) is 0.769. The number of halogens is 1. The highest BCUT2D eigenvalue weighted by molar-refractivity contribution is 9.10. The molecule has 1 N–H and O–H groups in total. The zero-order chi connectivity index (χ0) is 16.8. The summed E-state index contributed by atoms with van der Waals surface area (Å²) < 4.78 is 24.3. The van der Waals surface area contributed by atoms with Gasteiger partial charge in [0.15, 0.2) is 12.0 Å². The van der Waals surface area contributed by atoms with Crippen molar-refractivity contribution in [3.8, 4) is 0 Å². The maximum absolute atomic E-state index is 12.1. The molecule has 2 saturated heterocycles. The molecule has 0 aromatic carbocycles. The highest BCUT2D eigenvalue weighted by Gasteiger charge is 2.56. The molecule has 3 rings (SSSR count). The summed E-state index contributed by atoms with van der Waals surface area (Å²) in [6.45, 7) is 7.30. The Hall–Kier alpha value is -1.42. The molecule has 3 heterocycles. The first-order valence-corrected chi connectivity index (χ1v) is 7.86. The van der Waals surface area contributed by atoms with E-state index in [0.717, 1.165) is 0 Å². The van der Waals surface area contributed by atoms with E-state index in [9.17, 15) is 9.59 Å². The molecule has 1 aromatic heterocycles. The number of fused-ring (bicyclic) bond motifs is 1. The van der Waals surface area contributed by atoms with Crippen LogP contribution in [0.3, 0.4) is 0 Å². The number of aromatic amines is 1. The number of aromatic nitrogens is 2. The van der Waals surface area contributed by atoms with Gasteiger partial charge < -0.3 is 18.9 Å². The Labute approximate surface area is 140 Å². The predicted octanol–water partition coefficient (Wildman–Crippen LogP) is 0.877. The minimum atomic E-state index is -0.799. The fourth-order valence-electron chi connectivity index (χ4n) is 2.83. The summed E-state index contributed by atoms with van der Waals surface area (Å²) in [5, 5.41) is 0. The van der Waals surface area contributed by atoms with E-state index in [1.54, 1.807) is 13.8 Å². The number of nitrogens with zero attached hydrogens (tertiary/aromatic N) is 1. The Morgan fingerprint density at radius 1 is 1.43 bits per heavy atom. The Bertz CT molecular complexity index is 727. The largest absolute Gasteiger partial charge is 0.499 e. The molecule has 8 nitrogen and oxygen atoms in total. The molecule has 9 heteroatoms. The lowest BCUT2D eigenvalue weighted by molar-refractivity contribution is -0.200. The molecule has 0 amide bonds. The molecule has 23 heavy (non-hydrogen) atoms. The summed E-state index contributed by atoms with van der Waals surface area (Å²) in [6.07, 6.45) is 0.638. The zero-order valence-electron chi connectivity index (χ0n) is 12.7. The minimum absolute atomic E-state index is 0.222. The third-order valence-electron chi connectivity index (χ3n) is 3.70. The van der Waals surface area contributed by atoms with Gasteiger partial charge in [0.1, 0.15) is 24.9 Å². The highest BCUT2D eigenvalue weighted by atomic mass is 79.9. The van der Waals surface area contributed by atoms with Crippen molar-refractivity contribution in [2.24, 2.45) is 0 Å². The van der Waals surface area contributed by atoms with Crippen molar-refractivity contribution in [3.63, 3.8) is 0 Å². The lowest BCUT2D eigenvalue weighted by Gasteiger charge is -2.24. The third-order valence-corrected chi connectivity index (χ3v) is 4.27. The standard InChI is InChI=1S/C14H17BrN2O6/c1-4-20-6-8-9-10(23-14(2,3)22-9)12(21-8)17-5-7(15)11(18)16-13(17)19/h4-5,8-10,12H,1,6H2,2-3H3,(H,16,18,19)/t8-,9-,10-,12-/m1/s1. The number of hydrogen-bond donors (Lipinski definition) is 1. The van der Waals surface area contributed by atoms with Gasteiger partial charge in [-0.1, -0.05) is 6.58 Å². The maximum atomic E-state index is 12.1. The Kier molecular flexibility index (Phi) is 4.21. The first-order valence-electron chi connectivity index (χ1n) is 7.07. The molecule has 0 unspecified atom stereocenters. The van der Waals surface area contributed by atoms with Crippen LogP contribution in [0.1, 0.15) is 20.1 Å². The summed E-state index contributed by atoms with van der Waals surface area (Å²) in [4.78, 5) is 25.8. The molecule has 126 valence electrons. The summed E-state index contributed by atoms with van der Waals surface area (Å²) in [5.41, 5.74) is -1.09. The second-order valence-electron chi connectivity index (χ2n) is 5.77. The van der Waals surface area contributed by atoms with Crippen molar-refractivity contribution < 1.29 is 18.9 Å². The van der Waals surface area contributed by atoms with Gasteiger partial charge in [0.2, 0.25) is 0 Å². The second-order valence-corrected chi connectivity index (χ2v) is 6.63. The molecule has 4 atom stereocenters. The van der Waals surface area contributed by atoms with Crippen molar-refractivity contribution in [1.29, 1.82) is 0 Å². The summed E-state index contributed by atoms with van der Waals surface area (Å²) in [7, 11) is 0. The van der Waals surface area contributed by atoms with Gasteiger partial charge in [0.05, 0.1) is 10.7 Å². The van der Waals surface area contributed by atoms with Gasteiger partial charge >= 0.3 is 5.69 Å². The molecular weight excluding hydrogens is 372 g/mol. The molecular formula is C14H17BrN2O6. The van der Waals surface area contributed by atoms with Gasteiger partial charge in [-0.05, 0) is 29.8 Å². The van der Waals surface area contributed by atoms with Gasteiger partial charge in [0.25, 0.3) is 5.56 Å². The number of hydrogen-bond acceptors (Lipinski definition) is 6. The Balaban J connectivity index is 1.96. The van der Waals surface area contributed by atoms with E-state index in [1.165, 1.54) is 17.0 Å². The SMILES string of the molecule is C=COC[C@H]1O[C@@H](n2cc(Br)c(=O)[nH]c2=O)[C@@H]2OC(C)(C)O[C@@H]21. The molecule has 2 aliphatic heterocycles. The van der Waals surface area contributed by atoms with Gasteiger partial charge in [-0.25, -0.2) is 4.79 Å². The van der Waals surface area contributed by atoms with Crippen molar-refractivity contribution in [1.82, 2.24) is 9.55 Å². The number of nitrogens with one attached hydrogen (secondary N) is 1. The van der Waals surface area contributed by atoms with Crippen LogP contribution in [0.4, 0.5) is 0 Å². The molecule has 0 spiro atoms. The lowest BCUT2D eigenvalue weighted by Crippen LogP contribution is -2.37. The van der Waals surface area contributed by atoms with Gasteiger partial charge in [-0.2, -0.15) is 0 Å². The minimum Gasteiger partial charge on any atom is -0.499 e. The summed E-state index contributed by atoms with van der Waals surface area (Å²) in [6, 6.07) is 0. The molecule has 0 radical (unpaired) electrons. The van der Waals surface area contributed by atoms with Crippen LogP contribution in [-0.4, -0.2) is 40.3 Å². The molecule has 0 aliphatic carbocycles. The monoisotopic (exact) mass is 388 g/mol. The van der Waals surface area contributed by atoms with Crippen molar-refractivity contribution >= 4 is 15.9 Å². The fourth-order valence-corrected chi connectivity index (χ4v) is 3.15. The van der Waals surface area contributed by atoms with E-state index in [0.29, 0.717) is 0 Å². The third kappa shape index (κ3) is 3.01. The van der Waals surface area contributed by atoms with Crippen LogP contribution < -0.4 is 11.2 Å². The van der Waals surface area contributed by atoms with E-state index in [4.69, 9.17) is 18.9 Å². The molecule has 2 aliphatic rings. The number of rotatable bonds is 4. The van der Waals surface area contributed by atoms with Crippen molar-refractivity contribution in [3.05, 3.63) is 44.3 Å². The van der Waals surface area contributed by atoms with Gasteiger partial charge in [0, 0.05) is 6.20 Å². The Morgan fingerprint density at radius 3 is 2.83 bits per heavy atom. The topological polar surface area (TPSA) is 91.8 Å². The maximum Gasteiger partial charge on any atom is 0.330 e. The number of H-pyrrole nitrogens is 1. The average molecular weight is 389 g/mol. The van der Waals surface area contributed by atoms with Gasteiger partial charge in [-0.15, -0.1) is 0 Å². The first-order chi connectivity index (χ1) is 10.8. The zero-order valence-corrected chi connectivity index (χ0v) is 14.2. The lowest BCUT2D eigenvalue weighted by atomic mass is 10.1. The average Bonchev–Trinajstić information content (AvgIpc) is 2.94. The molecule has 0 bridgehead atoms. The van der Waals surface area contributed by atoms with E-state index in [1.807, 2.05) is 0 Å².